The van der Waals surface area contributed by atoms with Crippen molar-refractivity contribution in [1.29, 1.82) is 0 Å². The first kappa shape index (κ1) is 22.6. The molecule has 0 unspecified atom stereocenters. The molecule has 1 saturated heterocycles. The highest BCUT2D eigenvalue weighted by Crippen LogP contribution is 2.24. The Kier molecular flexibility index (Phi) is 6.52. The number of carbonyl (C=O) groups excluding carboxylic acids is 1. The van der Waals surface area contributed by atoms with Crippen molar-refractivity contribution >= 4 is 33.1 Å². The largest absolute Gasteiger partial charge is 0.378 e. The van der Waals surface area contributed by atoms with E-state index in [0.29, 0.717) is 19.3 Å². The van der Waals surface area contributed by atoms with Crippen LogP contribution in [0, 0.1) is 11.6 Å². The average molecular weight is 474 g/mol. The lowest BCUT2D eigenvalue weighted by Gasteiger charge is -2.28. The van der Waals surface area contributed by atoms with E-state index < -0.39 is 32.5 Å². The lowest BCUT2D eigenvalue weighted by molar-refractivity contribution is 0.102. The molecule has 0 radical (unpaired) electrons. The first-order valence-corrected chi connectivity index (χ1v) is 11.5. The molecule has 1 aliphatic rings. The SMILES string of the molecule is O=C(Nc1ccc(N2CCOCC2)cn1)c1ccccc1NS(=O)(=O)c1cc(F)ccc1F. The number of sulfonamides is 1. The Morgan fingerprint density at radius 1 is 1.03 bits per heavy atom. The predicted molar refractivity (Wildman–Crippen MR) is 119 cm³/mol. The van der Waals surface area contributed by atoms with Crippen LogP contribution < -0.4 is 14.9 Å². The number of hydrogen-bond acceptors (Lipinski definition) is 6. The molecule has 0 spiro atoms. The molecule has 33 heavy (non-hydrogen) atoms. The van der Waals surface area contributed by atoms with Crippen molar-refractivity contribution in [3.8, 4) is 0 Å². The van der Waals surface area contributed by atoms with Crippen molar-refractivity contribution < 1.29 is 26.7 Å². The fourth-order valence-corrected chi connectivity index (χ4v) is 4.48. The van der Waals surface area contributed by atoms with Gasteiger partial charge < -0.3 is 15.0 Å². The molecule has 172 valence electrons. The Morgan fingerprint density at radius 2 is 1.79 bits per heavy atom. The molecule has 1 amide bonds. The van der Waals surface area contributed by atoms with E-state index in [9.17, 15) is 22.0 Å². The zero-order valence-corrected chi connectivity index (χ0v) is 18.1. The molecule has 0 saturated carbocycles. The Bertz CT molecular complexity index is 1260. The molecule has 2 heterocycles. The van der Waals surface area contributed by atoms with Crippen LogP contribution in [0.1, 0.15) is 10.4 Å². The number of nitrogens with one attached hydrogen (secondary N) is 2. The normalized spacial score (nSPS) is 14.1. The molecule has 4 rings (SSSR count). The van der Waals surface area contributed by atoms with Crippen LogP contribution in [0.15, 0.2) is 65.7 Å². The lowest BCUT2D eigenvalue weighted by atomic mass is 10.1. The molecule has 1 fully saturated rings. The number of carbonyl (C=O) groups is 1. The topological polar surface area (TPSA) is 101 Å². The van der Waals surface area contributed by atoms with Gasteiger partial charge in [-0.1, -0.05) is 12.1 Å². The lowest BCUT2D eigenvalue weighted by Crippen LogP contribution is -2.36. The highest BCUT2D eigenvalue weighted by molar-refractivity contribution is 7.92. The molecular weight excluding hydrogens is 454 g/mol. The maximum absolute atomic E-state index is 14.0. The monoisotopic (exact) mass is 474 g/mol. The number of amides is 1. The van der Waals surface area contributed by atoms with Crippen LogP contribution in [0.3, 0.4) is 0 Å². The van der Waals surface area contributed by atoms with Crippen LogP contribution in [-0.4, -0.2) is 45.6 Å². The minimum atomic E-state index is -4.49. The smallest absolute Gasteiger partial charge is 0.264 e. The summed E-state index contributed by atoms with van der Waals surface area (Å²) < 4.78 is 60.2. The van der Waals surface area contributed by atoms with Gasteiger partial charge in [0.05, 0.1) is 36.3 Å². The molecule has 8 nitrogen and oxygen atoms in total. The number of benzene rings is 2. The van der Waals surface area contributed by atoms with E-state index in [1.807, 2.05) is 6.07 Å². The van der Waals surface area contributed by atoms with Gasteiger partial charge in [-0.05, 0) is 42.5 Å². The second-order valence-electron chi connectivity index (χ2n) is 7.18. The van der Waals surface area contributed by atoms with Crippen LogP contribution in [0.25, 0.3) is 0 Å². The molecule has 1 aromatic heterocycles. The summed E-state index contributed by atoms with van der Waals surface area (Å²) in [6.45, 7) is 2.75. The Hall–Kier alpha value is -3.57. The van der Waals surface area contributed by atoms with Crippen molar-refractivity contribution in [1.82, 2.24) is 4.98 Å². The molecule has 3 aromatic rings. The number of aromatic nitrogens is 1. The minimum Gasteiger partial charge on any atom is -0.378 e. The van der Waals surface area contributed by atoms with Crippen LogP contribution in [0.5, 0.6) is 0 Å². The summed E-state index contributed by atoms with van der Waals surface area (Å²) in [4.78, 5) is 18.3. The Labute approximate surface area is 189 Å². The molecule has 2 aromatic carbocycles. The fourth-order valence-electron chi connectivity index (χ4n) is 3.31. The quantitative estimate of drug-likeness (QED) is 0.569. The summed E-state index contributed by atoms with van der Waals surface area (Å²) in [6.07, 6.45) is 1.63. The van der Waals surface area contributed by atoms with Crippen molar-refractivity contribution in [2.75, 3.05) is 41.2 Å². The van der Waals surface area contributed by atoms with Gasteiger partial charge in [-0.25, -0.2) is 22.2 Å². The number of rotatable bonds is 6. The van der Waals surface area contributed by atoms with Crippen molar-refractivity contribution in [2.45, 2.75) is 4.90 Å². The van der Waals surface area contributed by atoms with Gasteiger partial charge in [0.25, 0.3) is 15.9 Å². The zero-order chi connectivity index (χ0) is 23.4. The van der Waals surface area contributed by atoms with E-state index in [2.05, 4.69) is 19.9 Å². The summed E-state index contributed by atoms with van der Waals surface area (Å²) in [6, 6.07) is 11.3. The van der Waals surface area contributed by atoms with Crippen LogP contribution in [0.4, 0.5) is 26.0 Å². The standard InChI is InChI=1S/C22H20F2N4O4S/c23-15-5-7-18(24)20(13-15)33(30,31)27-19-4-2-1-3-17(19)22(29)26-21-8-6-16(14-25-21)28-9-11-32-12-10-28/h1-8,13-14,27H,9-12H2,(H,25,26,29). The van der Waals surface area contributed by atoms with Crippen LogP contribution >= 0.6 is 0 Å². The molecule has 11 heteroatoms. The highest BCUT2D eigenvalue weighted by Gasteiger charge is 2.23. The number of para-hydroxylation sites is 1. The molecule has 0 aliphatic carbocycles. The average Bonchev–Trinajstić information content (AvgIpc) is 2.81. The number of pyridine rings is 1. The van der Waals surface area contributed by atoms with Crippen molar-refractivity contribution in [3.63, 3.8) is 0 Å². The van der Waals surface area contributed by atoms with Gasteiger partial charge in [0.2, 0.25) is 0 Å². The van der Waals surface area contributed by atoms with Gasteiger partial charge in [-0.3, -0.25) is 9.52 Å². The van der Waals surface area contributed by atoms with E-state index in [0.717, 1.165) is 30.9 Å². The second-order valence-corrected chi connectivity index (χ2v) is 8.83. The first-order chi connectivity index (χ1) is 15.8. The van der Waals surface area contributed by atoms with Gasteiger partial charge >= 0.3 is 0 Å². The molecule has 0 atom stereocenters. The maximum atomic E-state index is 14.0. The molecular formula is C22H20F2N4O4S. The van der Waals surface area contributed by atoms with Gasteiger partial charge in [-0.2, -0.15) is 0 Å². The van der Waals surface area contributed by atoms with E-state index in [1.165, 1.54) is 18.2 Å². The van der Waals surface area contributed by atoms with E-state index in [1.54, 1.807) is 18.3 Å². The second kappa shape index (κ2) is 9.51. The first-order valence-electron chi connectivity index (χ1n) is 10.0. The van der Waals surface area contributed by atoms with Crippen molar-refractivity contribution in [3.05, 3.63) is 78.0 Å². The third-order valence-electron chi connectivity index (χ3n) is 4.96. The minimum absolute atomic E-state index is 0.0167. The van der Waals surface area contributed by atoms with Gasteiger partial charge in [0.15, 0.2) is 0 Å². The van der Waals surface area contributed by atoms with E-state index >= 15 is 0 Å². The molecule has 2 N–H and O–H groups in total. The van der Waals surface area contributed by atoms with Crippen LogP contribution in [0.2, 0.25) is 0 Å². The number of ether oxygens (including phenoxy) is 1. The third-order valence-corrected chi connectivity index (χ3v) is 6.35. The van der Waals surface area contributed by atoms with Crippen molar-refractivity contribution in [2.24, 2.45) is 0 Å². The predicted octanol–water partition coefficient (Wildman–Crippen LogP) is 3.25. The number of morpholine rings is 1. The van der Waals surface area contributed by atoms with Gasteiger partial charge in [-0.15, -0.1) is 0 Å². The number of hydrogen-bond donors (Lipinski definition) is 2. The summed E-state index contributed by atoms with van der Waals surface area (Å²) in [5.74, 6) is -2.38. The number of nitrogens with zero attached hydrogens (tertiary/aromatic N) is 2. The molecule has 1 aliphatic heterocycles. The van der Waals surface area contributed by atoms with Crippen LogP contribution in [-0.2, 0) is 14.8 Å². The summed E-state index contributed by atoms with van der Waals surface area (Å²) in [7, 11) is -4.49. The zero-order valence-electron chi connectivity index (χ0n) is 17.3. The third kappa shape index (κ3) is 5.26. The van der Waals surface area contributed by atoms with Gasteiger partial charge in [0.1, 0.15) is 22.3 Å². The summed E-state index contributed by atoms with van der Waals surface area (Å²) >= 11 is 0. The number of halogens is 2. The fraction of sp³-hybridized carbons (Fsp3) is 0.182. The summed E-state index contributed by atoms with van der Waals surface area (Å²) in [5.41, 5.74) is 0.780. The van der Waals surface area contributed by atoms with E-state index in [4.69, 9.17) is 4.74 Å². The Morgan fingerprint density at radius 3 is 2.52 bits per heavy atom. The van der Waals surface area contributed by atoms with Gasteiger partial charge in [0, 0.05) is 13.1 Å². The maximum Gasteiger partial charge on any atom is 0.264 e. The Balaban J connectivity index is 1.52. The molecule has 0 bridgehead atoms. The van der Waals surface area contributed by atoms with E-state index in [-0.39, 0.29) is 17.1 Å². The highest BCUT2D eigenvalue weighted by atomic mass is 32.2. The number of anilines is 3. The summed E-state index contributed by atoms with van der Waals surface area (Å²) in [5, 5.41) is 2.61.